The molecule has 0 radical (unpaired) electrons. The second-order valence-corrected chi connectivity index (χ2v) is 7.81. The van der Waals surface area contributed by atoms with Crippen molar-refractivity contribution in [2.24, 2.45) is 0 Å². The van der Waals surface area contributed by atoms with Crippen LogP contribution in [0.2, 0.25) is 0 Å². The van der Waals surface area contributed by atoms with E-state index >= 15 is 0 Å². The van der Waals surface area contributed by atoms with Crippen molar-refractivity contribution in [3.63, 3.8) is 0 Å². The van der Waals surface area contributed by atoms with Crippen LogP contribution in [-0.2, 0) is 17.5 Å². The first-order chi connectivity index (χ1) is 14.5. The SMILES string of the molecule is Cc1nc(C2CCCN2C(=O)CCn2nc(C(F)(F)F)cc2C)ncc1C(=O)N(C)C. The standard InChI is InChI=1S/C20H25F3N6O2/c1-12-10-16(20(21,22)23)26-29(12)9-7-17(30)28-8-5-6-15(28)18-24-11-14(13(2)25-18)19(31)27(3)4/h10-11,15H,5-9H2,1-4H3. The molecule has 1 aliphatic rings. The molecular weight excluding hydrogens is 413 g/mol. The summed E-state index contributed by atoms with van der Waals surface area (Å²) in [4.78, 5) is 36.9. The fraction of sp³-hybridized carbons (Fsp3) is 0.550. The molecule has 1 unspecified atom stereocenters. The third kappa shape index (κ3) is 4.86. The molecule has 0 aliphatic carbocycles. The van der Waals surface area contributed by atoms with E-state index in [0.29, 0.717) is 35.7 Å². The Bertz CT molecular complexity index is 986. The number of hydrogen-bond donors (Lipinski definition) is 0. The number of hydrogen-bond acceptors (Lipinski definition) is 5. The molecular formula is C20H25F3N6O2. The summed E-state index contributed by atoms with van der Waals surface area (Å²) in [5.41, 5.74) is 0.319. The second-order valence-electron chi connectivity index (χ2n) is 7.81. The van der Waals surface area contributed by atoms with E-state index in [1.54, 1.807) is 25.9 Å². The van der Waals surface area contributed by atoms with Crippen LogP contribution >= 0.6 is 0 Å². The fourth-order valence-corrected chi connectivity index (χ4v) is 3.65. The molecule has 0 spiro atoms. The van der Waals surface area contributed by atoms with Crippen LogP contribution in [0.4, 0.5) is 13.2 Å². The van der Waals surface area contributed by atoms with E-state index in [2.05, 4.69) is 15.1 Å². The maximum Gasteiger partial charge on any atom is 0.435 e. The zero-order valence-electron chi connectivity index (χ0n) is 17.9. The molecule has 3 rings (SSSR count). The van der Waals surface area contributed by atoms with Crippen molar-refractivity contribution in [2.75, 3.05) is 20.6 Å². The molecule has 0 N–H and O–H groups in total. The lowest BCUT2D eigenvalue weighted by molar-refractivity contribution is -0.141. The van der Waals surface area contributed by atoms with Crippen LogP contribution in [0, 0.1) is 13.8 Å². The van der Waals surface area contributed by atoms with Crippen molar-refractivity contribution in [2.45, 2.75) is 51.9 Å². The maximum absolute atomic E-state index is 12.8. The van der Waals surface area contributed by atoms with Gasteiger partial charge < -0.3 is 9.80 Å². The molecule has 31 heavy (non-hydrogen) atoms. The molecule has 0 bridgehead atoms. The summed E-state index contributed by atoms with van der Waals surface area (Å²) in [6.07, 6.45) is -1.56. The lowest BCUT2D eigenvalue weighted by atomic mass is 10.1. The third-order valence-electron chi connectivity index (χ3n) is 5.31. The second kappa shape index (κ2) is 8.64. The number of carbonyl (C=O) groups is 2. The molecule has 1 saturated heterocycles. The summed E-state index contributed by atoms with van der Waals surface area (Å²) in [5.74, 6) is 0.0742. The number of likely N-dealkylation sites (tertiary alicyclic amines) is 1. The average Bonchev–Trinajstić information content (AvgIpc) is 3.32. The molecule has 168 valence electrons. The summed E-state index contributed by atoms with van der Waals surface area (Å²) in [6, 6.07) is 0.648. The predicted octanol–water partition coefficient (Wildman–Crippen LogP) is 2.76. The number of carbonyl (C=O) groups excluding carboxylic acids is 2. The van der Waals surface area contributed by atoms with E-state index < -0.39 is 11.9 Å². The topological polar surface area (TPSA) is 84.2 Å². The van der Waals surface area contributed by atoms with E-state index in [4.69, 9.17) is 0 Å². The van der Waals surface area contributed by atoms with Crippen LogP contribution in [0.25, 0.3) is 0 Å². The van der Waals surface area contributed by atoms with Gasteiger partial charge in [-0.25, -0.2) is 9.97 Å². The molecule has 0 saturated carbocycles. The Hall–Kier alpha value is -2.98. The van der Waals surface area contributed by atoms with Crippen LogP contribution in [0.5, 0.6) is 0 Å². The van der Waals surface area contributed by atoms with Crippen molar-refractivity contribution >= 4 is 11.8 Å². The highest BCUT2D eigenvalue weighted by Crippen LogP contribution is 2.31. The highest BCUT2D eigenvalue weighted by atomic mass is 19.4. The Morgan fingerprint density at radius 2 is 1.97 bits per heavy atom. The molecule has 1 atom stereocenters. The highest BCUT2D eigenvalue weighted by Gasteiger charge is 2.35. The van der Waals surface area contributed by atoms with E-state index in [1.165, 1.54) is 22.7 Å². The van der Waals surface area contributed by atoms with Gasteiger partial charge in [0.2, 0.25) is 5.91 Å². The van der Waals surface area contributed by atoms with Gasteiger partial charge in [0.15, 0.2) is 11.5 Å². The van der Waals surface area contributed by atoms with Gasteiger partial charge in [0.05, 0.1) is 17.3 Å². The molecule has 11 heteroatoms. The molecule has 1 fully saturated rings. The fourth-order valence-electron chi connectivity index (χ4n) is 3.65. The van der Waals surface area contributed by atoms with E-state index in [1.807, 2.05) is 0 Å². The lowest BCUT2D eigenvalue weighted by Gasteiger charge is -2.24. The molecule has 2 aromatic rings. The summed E-state index contributed by atoms with van der Waals surface area (Å²) >= 11 is 0. The Morgan fingerprint density at radius 3 is 2.55 bits per heavy atom. The smallest absolute Gasteiger partial charge is 0.345 e. The van der Waals surface area contributed by atoms with Crippen molar-refractivity contribution in [1.82, 2.24) is 29.5 Å². The van der Waals surface area contributed by atoms with Gasteiger partial charge in [-0.1, -0.05) is 0 Å². The normalized spacial score (nSPS) is 16.6. The minimum atomic E-state index is -4.52. The number of rotatable bonds is 5. The predicted molar refractivity (Wildman–Crippen MR) is 105 cm³/mol. The lowest BCUT2D eigenvalue weighted by Crippen LogP contribution is -2.32. The Labute approximate surface area is 178 Å². The average molecular weight is 438 g/mol. The van der Waals surface area contributed by atoms with Crippen LogP contribution in [0.15, 0.2) is 12.3 Å². The van der Waals surface area contributed by atoms with Crippen LogP contribution in [0.3, 0.4) is 0 Å². The number of aryl methyl sites for hydroxylation is 3. The van der Waals surface area contributed by atoms with E-state index in [-0.39, 0.29) is 30.8 Å². The monoisotopic (exact) mass is 438 g/mol. The van der Waals surface area contributed by atoms with Gasteiger partial charge in [-0.05, 0) is 32.8 Å². The number of nitrogens with zero attached hydrogens (tertiary/aromatic N) is 6. The first-order valence-electron chi connectivity index (χ1n) is 9.95. The van der Waals surface area contributed by atoms with Gasteiger partial charge in [-0.3, -0.25) is 14.3 Å². The van der Waals surface area contributed by atoms with Crippen molar-refractivity contribution in [3.05, 3.63) is 40.7 Å². The summed E-state index contributed by atoms with van der Waals surface area (Å²) < 4.78 is 39.7. The maximum atomic E-state index is 12.8. The van der Waals surface area contributed by atoms with Gasteiger partial charge >= 0.3 is 6.18 Å². The Morgan fingerprint density at radius 1 is 1.26 bits per heavy atom. The molecule has 8 nitrogen and oxygen atoms in total. The summed E-state index contributed by atoms with van der Waals surface area (Å²) in [5, 5.41) is 3.57. The zero-order valence-corrected chi connectivity index (χ0v) is 17.9. The van der Waals surface area contributed by atoms with Crippen molar-refractivity contribution < 1.29 is 22.8 Å². The summed E-state index contributed by atoms with van der Waals surface area (Å²) in [7, 11) is 3.29. The van der Waals surface area contributed by atoms with Gasteiger partial charge in [-0.15, -0.1) is 0 Å². The molecule has 3 heterocycles. The van der Waals surface area contributed by atoms with E-state index in [0.717, 1.165) is 12.5 Å². The number of alkyl halides is 3. The van der Waals surface area contributed by atoms with Crippen LogP contribution < -0.4 is 0 Å². The quantitative estimate of drug-likeness (QED) is 0.717. The Balaban J connectivity index is 1.70. The van der Waals surface area contributed by atoms with Crippen LogP contribution in [-0.4, -0.2) is 62.0 Å². The first kappa shape index (κ1) is 22.7. The van der Waals surface area contributed by atoms with Crippen molar-refractivity contribution in [1.29, 1.82) is 0 Å². The van der Waals surface area contributed by atoms with Gasteiger partial charge in [0.1, 0.15) is 0 Å². The highest BCUT2D eigenvalue weighted by molar-refractivity contribution is 5.94. The number of aromatic nitrogens is 4. The van der Waals surface area contributed by atoms with Gasteiger partial charge in [-0.2, -0.15) is 18.3 Å². The number of amides is 2. The number of halogens is 3. The molecule has 2 aromatic heterocycles. The van der Waals surface area contributed by atoms with Gasteiger partial charge in [0, 0.05) is 45.5 Å². The first-order valence-corrected chi connectivity index (χ1v) is 9.95. The van der Waals surface area contributed by atoms with Crippen LogP contribution in [0.1, 0.15) is 58.6 Å². The largest absolute Gasteiger partial charge is 0.435 e. The van der Waals surface area contributed by atoms with Gasteiger partial charge in [0.25, 0.3) is 5.91 Å². The third-order valence-corrected chi connectivity index (χ3v) is 5.31. The molecule has 2 amide bonds. The summed E-state index contributed by atoms with van der Waals surface area (Å²) in [6.45, 7) is 3.83. The van der Waals surface area contributed by atoms with E-state index in [9.17, 15) is 22.8 Å². The molecule has 1 aliphatic heterocycles. The minimum absolute atomic E-state index is 0.0203. The Kier molecular flexibility index (Phi) is 6.33. The minimum Gasteiger partial charge on any atom is -0.345 e. The molecule has 0 aromatic carbocycles. The van der Waals surface area contributed by atoms with Crippen molar-refractivity contribution in [3.8, 4) is 0 Å². The zero-order chi connectivity index (χ0) is 22.9.